The van der Waals surface area contributed by atoms with Crippen molar-refractivity contribution in [1.29, 1.82) is 0 Å². The van der Waals surface area contributed by atoms with Crippen LogP contribution in [0.3, 0.4) is 0 Å². The standard InChI is InChI=1S/C13H11BrF3N3O/c1-18-12-19-10(13(15,16)17)6-11(20-12)21-7-8-3-2-4-9(14)5-8/h2-6H,7H2,1H3,(H,18,19,20). The number of nitrogens with zero attached hydrogens (tertiary/aromatic N) is 2. The van der Waals surface area contributed by atoms with Crippen LogP contribution >= 0.6 is 15.9 Å². The molecule has 0 radical (unpaired) electrons. The van der Waals surface area contributed by atoms with Crippen LogP contribution in [0.2, 0.25) is 0 Å². The molecule has 0 bridgehead atoms. The van der Waals surface area contributed by atoms with Crippen LogP contribution in [0, 0.1) is 0 Å². The van der Waals surface area contributed by atoms with Crippen LogP contribution in [0.4, 0.5) is 19.1 Å². The van der Waals surface area contributed by atoms with E-state index in [1.807, 2.05) is 18.2 Å². The van der Waals surface area contributed by atoms with Crippen molar-refractivity contribution >= 4 is 21.9 Å². The maximum atomic E-state index is 12.7. The molecular formula is C13H11BrF3N3O. The molecule has 1 heterocycles. The van der Waals surface area contributed by atoms with Gasteiger partial charge in [-0.3, -0.25) is 0 Å². The number of benzene rings is 1. The third-order valence-electron chi connectivity index (χ3n) is 2.49. The lowest BCUT2D eigenvalue weighted by Crippen LogP contribution is -2.12. The van der Waals surface area contributed by atoms with E-state index in [-0.39, 0.29) is 18.4 Å². The first-order valence-electron chi connectivity index (χ1n) is 5.90. The maximum absolute atomic E-state index is 12.7. The van der Waals surface area contributed by atoms with Crippen molar-refractivity contribution in [3.8, 4) is 5.88 Å². The lowest BCUT2D eigenvalue weighted by Gasteiger charge is -2.11. The molecule has 21 heavy (non-hydrogen) atoms. The smallest absolute Gasteiger partial charge is 0.433 e. The molecule has 112 valence electrons. The number of nitrogens with one attached hydrogen (secondary N) is 1. The van der Waals surface area contributed by atoms with Gasteiger partial charge in [-0.15, -0.1) is 0 Å². The highest BCUT2D eigenvalue weighted by atomic mass is 79.9. The van der Waals surface area contributed by atoms with Gasteiger partial charge in [0.2, 0.25) is 11.8 Å². The number of anilines is 1. The van der Waals surface area contributed by atoms with Gasteiger partial charge in [0.05, 0.1) is 0 Å². The molecule has 0 atom stereocenters. The fraction of sp³-hybridized carbons (Fsp3) is 0.231. The number of halogens is 4. The highest BCUT2D eigenvalue weighted by molar-refractivity contribution is 9.10. The molecule has 0 spiro atoms. The molecule has 0 saturated carbocycles. The van der Waals surface area contributed by atoms with Gasteiger partial charge in [0.25, 0.3) is 0 Å². The van der Waals surface area contributed by atoms with Gasteiger partial charge in [-0.2, -0.15) is 18.2 Å². The first-order valence-corrected chi connectivity index (χ1v) is 6.69. The van der Waals surface area contributed by atoms with Crippen LogP contribution in [0.25, 0.3) is 0 Å². The molecule has 1 N–H and O–H groups in total. The van der Waals surface area contributed by atoms with Crippen LogP contribution in [-0.2, 0) is 12.8 Å². The molecule has 1 aromatic heterocycles. The van der Waals surface area contributed by atoms with E-state index in [0.717, 1.165) is 16.1 Å². The summed E-state index contributed by atoms with van der Waals surface area (Å²) < 4.78 is 44.3. The zero-order valence-corrected chi connectivity index (χ0v) is 12.5. The lowest BCUT2D eigenvalue weighted by molar-refractivity contribution is -0.141. The molecular weight excluding hydrogens is 351 g/mol. The molecule has 2 aromatic rings. The molecule has 0 unspecified atom stereocenters. The second-order valence-corrected chi connectivity index (χ2v) is 5.00. The molecule has 0 aliphatic rings. The summed E-state index contributed by atoms with van der Waals surface area (Å²) in [7, 11) is 1.44. The molecule has 0 aliphatic heterocycles. The van der Waals surface area contributed by atoms with Crippen LogP contribution in [-0.4, -0.2) is 17.0 Å². The van der Waals surface area contributed by atoms with Crippen LogP contribution in [0.5, 0.6) is 5.88 Å². The number of alkyl halides is 3. The van der Waals surface area contributed by atoms with E-state index in [1.54, 1.807) is 6.07 Å². The van der Waals surface area contributed by atoms with Gasteiger partial charge in [-0.1, -0.05) is 28.1 Å². The van der Waals surface area contributed by atoms with Crippen molar-refractivity contribution in [3.05, 3.63) is 46.1 Å². The van der Waals surface area contributed by atoms with Gasteiger partial charge < -0.3 is 10.1 Å². The monoisotopic (exact) mass is 361 g/mol. The SMILES string of the molecule is CNc1nc(OCc2cccc(Br)c2)cc(C(F)(F)F)n1. The van der Waals surface area contributed by atoms with Crippen molar-refractivity contribution in [2.24, 2.45) is 0 Å². The summed E-state index contributed by atoms with van der Waals surface area (Å²) in [6, 6.07) is 8.04. The molecule has 4 nitrogen and oxygen atoms in total. The summed E-state index contributed by atoms with van der Waals surface area (Å²) in [5.41, 5.74) is -0.242. The summed E-state index contributed by atoms with van der Waals surface area (Å²) in [6.07, 6.45) is -4.55. The average molecular weight is 362 g/mol. The van der Waals surface area contributed by atoms with E-state index in [1.165, 1.54) is 7.05 Å². The van der Waals surface area contributed by atoms with Crippen LogP contribution in [0.15, 0.2) is 34.8 Å². The Bertz CT molecular complexity index is 634. The molecule has 0 amide bonds. The van der Waals surface area contributed by atoms with Crippen LogP contribution < -0.4 is 10.1 Å². The minimum atomic E-state index is -4.55. The number of hydrogen-bond acceptors (Lipinski definition) is 4. The summed E-state index contributed by atoms with van der Waals surface area (Å²) >= 11 is 3.31. The van der Waals surface area contributed by atoms with Crippen LogP contribution in [0.1, 0.15) is 11.3 Å². The molecule has 0 aliphatic carbocycles. The van der Waals surface area contributed by atoms with Gasteiger partial charge in [0.1, 0.15) is 6.61 Å². The minimum absolute atomic E-state index is 0.108. The largest absolute Gasteiger partial charge is 0.473 e. The van der Waals surface area contributed by atoms with Crippen molar-refractivity contribution in [2.75, 3.05) is 12.4 Å². The zero-order valence-electron chi connectivity index (χ0n) is 10.9. The van der Waals surface area contributed by atoms with Gasteiger partial charge >= 0.3 is 6.18 Å². The third kappa shape index (κ3) is 4.32. The maximum Gasteiger partial charge on any atom is 0.433 e. The zero-order chi connectivity index (χ0) is 15.5. The van der Waals surface area contributed by atoms with Gasteiger partial charge in [-0.05, 0) is 17.7 Å². The predicted octanol–water partition coefficient (Wildman–Crippen LogP) is 3.88. The predicted molar refractivity (Wildman–Crippen MR) is 75.1 cm³/mol. The highest BCUT2D eigenvalue weighted by Gasteiger charge is 2.34. The van der Waals surface area contributed by atoms with E-state index in [4.69, 9.17) is 4.74 Å². The highest BCUT2D eigenvalue weighted by Crippen LogP contribution is 2.30. The summed E-state index contributed by atoms with van der Waals surface area (Å²) in [4.78, 5) is 7.20. The first kappa shape index (κ1) is 15.6. The van der Waals surface area contributed by atoms with Crippen molar-refractivity contribution in [1.82, 2.24) is 9.97 Å². The Morgan fingerprint density at radius 3 is 2.62 bits per heavy atom. The number of hydrogen-bond donors (Lipinski definition) is 1. The van der Waals surface area contributed by atoms with Crippen molar-refractivity contribution < 1.29 is 17.9 Å². The van der Waals surface area contributed by atoms with Crippen molar-refractivity contribution in [2.45, 2.75) is 12.8 Å². The fourth-order valence-electron chi connectivity index (χ4n) is 1.54. The van der Waals surface area contributed by atoms with Gasteiger partial charge in [-0.25, -0.2) is 4.98 Å². The summed E-state index contributed by atoms with van der Waals surface area (Å²) in [5.74, 6) is -0.282. The van der Waals surface area contributed by atoms with E-state index in [9.17, 15) is 13.2 Å². The molecule has 1 aromatic carbocycles. The summed E-state index contributed by atoms with van der Waals surface area (Å²) in [6.45, 7) is 0.108. The Balaban J connectivity index is 2.19. The first-order chi connectivity index (χ1) is 9.88. The molecule has 8 heteroatoms. The minimum Gasteiger partial charge on any atom is -0.473 e. The summed E-state index contributed by atoms with van der Waals surface area (Å²) in [5, 5.41) is 2.48. The van der Waals surface area contributed by atoms with Gasteiger partial charge in [0.15, 0.2) is 5.69 Å². The quantitative estimate of drug-likeness (QED) is 0.897. The second kappa shape index (κ2) is 6.30. The Morgan fingerprint density at radius 1 is 1.24 bits per heavy atom. The van der Waals surface area contributed by atoms with Gasteiger partial charge in [0, 0.05) is 17.6 Å². The van der Waals surface area contributed by atoms with E-state index >= 15 is 0 Å². The van der Waals surface area contributed by atoms with Crippen molar-refractivity contribution in [3.63, 3.8) is 0 Å². The van der Waals surface area contributed by atoms with E-state index < -0.39 is 11.9 Å². The van der Waals surface area contributed by atoms with E-state index in [0.29, 0.717) is 0 Å². The second-order valence-electron chi connectivity index (χ2n) is 4.08. The molecule has 2 rings (SSSR count). The Kier molecular flexibility index (Phi) is 4.66. The number of rotatable bonds is 4. The Morgan fingerprint density at radius 2 is 2.00 bits per heavy atom. The molecule has 0 fully saturated rings. The lowest BCUT2D eigenvalue weighted by atomic mass is 10.2. The normalized spacial score (nSPS) is 11.3. The Labute approximate surface area is 127 Å². The third-order valence-corrected chi connectivity index (χ3v) is 2.99. The topological polar surface area (TPSA) is 47.0 Å². The Hall–Kier alpha value is -1.83. The van der Waals surface area contributed by atoms with E-state index in [2.05, 4.69) is 31.2 Å². The fourth-order valence-corrected chi connectivity index (χ4v) is 1.99. The number of aromatic nitrogens is 2. The average Bonchev–Trinajstić information content (AvgIpc) is 2.44. The molecule has 0 saturated heterocycles. The number of ether oxygens (including phenoxy) is 1.